The van der Waals surface area contributed by atoms with Crippen molar-refractivity contribution in [3.05, 3.63) is 195 Å². The summed E-state index contributed by atoms with van der Waals surface area (Å²) < 4.78 is 4.79. The lowest BCUT2D eigenvalue weighted by Gasteiger charge is -2.14. The van der Waals surface area contributed by atoms with Crippen molar-refractivity contribution in [3.63, 3.8) is 0 Å². The number of para-hydroxylation sites is 3. The molecule has 6 aromatic carbocycles. The summed E-state index contributed by atoms with van der Waals surface area (Å²) in [4.78, 5) is 19.3. The van der Waals surface area contributed by atoms with Crippen LogP contribution in [0.25, 0.3) is 111 Å². The smallest absolute Gasteiger partial charge is 0.146 e. The molecule has 0 saturated carbocycles. The first-order valence-corrected chi connectivity index (χ1v) is 19.4. The molecule has 0 spiro atoms. The maximum atomic E-state index is 5.35. The quantitative estimate of drug-likeness (QED) is 0.165. The second-order valence-electron chi connectivity index (χ2n) is 14.7. The molecule has 0 amide bonds. The third-order valence-corrected chi connectivity index (χ3v) is 11.5. The van der Waals surface area contributed by atoms with Crippen LogP contribution in [0, 0.1) is 0 Å². The zero-order chi connectivity index (χ0) is 38.2. The first-order chi connectivity index (χ1) is 28.8. The van der Waals surface area contributed by atoms with Gasteiger partial charge in [0.2, 0.25) is 0 Å². The van der Waals surface area contributed by atoms with Crippen molar-refractivity contribution in [3.8, 4) is 50.5 Å². The largest absolute Gasteiger partial charge is 0.309 e. The van der Waals surface area contributed by atoms with Gasteiger partial charge in [0.1, 0.15) is 5.65 Å². The molecular formula is C52H32N6. The molecule has 0 atom stereocenters. The Kier molecular flexibility index (Phi) is 7.13. The molecule has 0 unspecified atom stereocenters. The lowest BCUT2D eigenvalue weighted by Crippen LogP contribution is -1.99. The highest BCUT2D eigenvalue weighted by Gasteiger charge is 2.21. The second kappa shape index (κ2) is 12.8. The molecule has 0 aliphatic heterocycles. The van der Waals surface area contributed by atoms with E-state index in [-0.39, 0.29) is 0 Å². The van der Waals surface area contributed by atoms with Gasteiger partial charge in [0.25, 0.3) is 0 Å². The zero-order valence-electron chi connectivity index (χ0n) is 31.2. The Morgan fingerprint density at radius 1 is 0.379 bits per heavy atom. The summed E-state index contributed by atoms with van der Waals surface area (Å²) in [6.45, 7) is 0. The average Bonchev–Trinajstić information content (AvgIpc) is 3.86. The molecule has 6 heteroatoms. The normalized spacial score (nSPS) is 11.8. The van der Waals surface area contributed by atoms with Gasteiger partial charge in [-0.15, -0.1) is 0 Å². The molecule has 0 radical (unpaired) electrons. The molecule has 0 bridgehead atoms. The van der Waals surface area contributed by atoms with Gasteiger partial charge in [-0.3, -0.25) is 14.4 Å². The third-order valence-electron chi connectivity index (χ3n) is 11.5. The van der Waals surface area contributed by atoms with E-state index in [1.165, 1.54) is 21.5 Å². The lowest BCUT2D eigenvalue weighted by molar-refractivity contribution is 1.16. The van der Waals surface area contributed by atoms with Gasteiger partial charge >= 0.3 is 0 Å². The number of fused-ring (bicyclic) bond motifs is 12. The van der Waals surface area contributed by atoms with E-state index >= 15 is 0 Å². The Morgan fingerprint density at radius 3 is 1.59 bits per heavy atom. The summed E-state index contributed by atoms with van der Waals surface area (Å²) in [7, 11) is 0. The van der Waals surface area contributed by atoms with Crippen molar-refractivity contribution in [2.24, 2.45) is 0 Å². The van der Waals surface area contributed by atoms with Crippen LogP contribution >= 0.6 is 0 Å². The van der Waals surface area contributed by atoms with E-state index in [0.717, 1.165) is 89.1 Å². The minimum atomic E-state index is 0.891. The number of hydrogen-bond donors (Lipinski definition) is 0. The van der Waals surface area contributed by atoms with Crippen molar-refractivity contribution < 1.29 is 0 Å². The Morgan fingerprint density at radius 2 is 0.948 bits per heavy atom. The maximum absolute atomic E-state index is 5.35. The SMILES string of the molecule is c1cncc(-c2ccc(-c3cc(-n4c5ccccc5c5c4ccc4c6ccccc6c6nc7ccccc7n6c45)cc(-c4ccc(-c5cccnc5)cc4)n3)cc2)c1. The minimum absolute atomic E-state index is 0.891. The molecule has 6 aromatic heterocycles. The van der Waals surface area contributed by atoms with E-state index in [2.05, 4.69) is 177 Å². The first kappa shape index (κ1) is 32.3. The second-order valence-corrected chi connectivity index (χ2v) is 14.7. The van der Waals surface area contributed by atoms with Crippen LogP contribution in [0.15, 0.2) is 195 Å². The summed E-state index contributed by atoms with van der Waals surface area (Å²) >= 11 is 0. The Labute approximate surface area is 333 Å². The third kappa shape index (κ3) is 4.98. The van der Waals surface area contributed by atoms with E-state index in [4.69, 9.17) is 9.97 Å². The van der Waals surface area contributed by atoms with Gasteiger partial charge in [-0.2, -0.15) is 0 Å². The summed E-state index contributed by atoms with van der Waals surface area (Å²) in [5, 5.41) is 5.89. The molecular weight excluding hydrogens is 709 g/mol. The molecule has 0 N–H and O–H groups in total. The van der Waals surface area contributed by atoms with E-state index < -0.39 is 0 Å². The van der Waals surface area contributed by atoms with Gasteiger partial charge in [-0.05, 0) is 76.2 Å². The fraction of sp³-hybridized carbons (Fsp3) is 0. The molecule has 12 aromatic rings. The summed E-state index contributed by atoms with van der Waals surface area (Å²) in [6.07, 6.45) is 7.41. The van der Waals surface area contributed by atoms with E-state index in [9.17, 15) is 0 Å². The molecule has 0 saturated heterocycles. The van der Waals surface area contributed by atoms with Crippen LogP contribution in [0.5, 0.6) is 0 Å². The predicted octanol–water partition coefficient (Wildman–Crippen LogP) is 12.7. The molecule has 0 fully saturated rings. The minimum Gasteiger partial charge on any atom is -0.309 e. The highest BCUT2D eigenvalue weighted by Crippen LogP contribution is 2.42. The van der Waals surface area contributed by atoms with E-state index in [1.807, 2.05) is 24.5 Å². The van der Waals surface area contributed by atoms with Crippen molar-refractivity contribution in [2.45, 2.75) is 0 Å². The molecule has 0 aliphatic rings. The molecule has 58 heavy (non-hydrogen) atoms. The fourth-order valence-electron chi connectivity index (χ4n) is 8.79. The van der Waals surface area contributed by atoms with Crippen LogP contribution in [0.1, 0.15) is 0 Å². The van der Waals surface area contributed by atoms with Crippen LogP contribution in [0.2, 0.25) is 0 Å². The fourth-order valence-corrected chi connectivity index (χ4v) is 8.79. The first-order valence-electron chi connectivity index (χ1n) is 19.4. The number of rotatable bonds is 5. The van der Waals surface area contributed by atoms with Crippen LogP contribution in [-0.2, 0) is 0 Å². The summed E-state index contributed by atoms with van der Waals surface area (Å²) in [5.41, 5.74) is 15.7. The lowest BCUT2D eigenvalue weighted by atomic mass is 10.0. The highest BCUT2D eigenvalue weighted by molar-refractivity contribution is 6.26. The van der Waals surface area contributed by atoms with Gasteiger partial charge < -0.3 is 4.57 Å². The predicted molar refractivity (Wildman–Crippen MR) is 237 cm³/mol. The average molecular weight is 741 g/mol. The number of aromatic nitrogens is 6. The van der Waals surface area contributed by atoms with Crippen LogP contribution in [0.4, 0.5) is 0 Å². The number of hydrogen-bond acceptors (Lipinski definition) is 4. The summed E-state index contributed by atoms with van der Waals surface area (Å²) in [6, 6.07) is 60.3. The van der Waals surface area contributed by atoms with Crippen molar-refractivity contribution >= 4 is 60.2 Å². The van der Waals surface area contributed by atoms with Crippen LogP contribution in [-0.4, -0.2) is 28.9 Å². The highest BCUT2D eigenvalue weighted by atomic mass is 15.0. The topological polar surface area (TPSA) is 60.9 Å². The van der Waals surface area contributed by atoms with Crippen molar-refractivity contribution in [1.29, 1.82) is 0 Å². The Hall–Kier alpha value is -7.96. The standard InChI is InChI=1S/C52H32N6/c1-2-12-42-40(11-1)41-25-26-49-50(51(41)58-48-16-6-4-14-44(48)56-52(42)58)43-13-3-5-15-47(43)57(49)39-29-45(35-21-17-33(18-22-35)37-9-7-27-53-31-37)55-46(30-39)36-23-19-34(20-24-36)38-10-8-28-54-32-38/h1-32H. The zero-order valence-corrected chi connectivity index (χ0v) is 31.2. The molecule has 270 valence electrons. The maximum Gasteiger partial charge on any atom is 0.146 e. The number of benzene rings is 6. The van der Waals surface area contributed by atoms with Gasteiger partial charge in [0.15, 0.2) is 0 Å². The van der Waals surface area contributed by atoms with Gasteiger partial charge in [0.05, 0.1) is 44.7 Å². The molecule has 6 nitrogen and oxygen atoms in total. The molecule has 6 heterocycles. The Balaban J connectivity index is 1.14. The number of imidazole rings is 1. The molecule has 0 aliphatic carbocycles. The Bertz CT molecular complexity index is 3430. The monoisotopic (exact) mass is 740 g/mol. The number of nitrogens with zero attached hydrogens (tertiary/aromatic N) is 6. The van der Waals surface area contributed by atoms with E-state index in [0.29, 0.717) is 0 Å². The van der Waals surface area contributed by atoms with Gasteiger partial charge in [-0.25, -0.2) is 9.97 Å². The molecule has 12 rings (SSSR count). The van der Waals surface area contributed by atoms with Crippen LogP contribution in [0.3, 0.4) is 0 Å². The number of pyridine rings is 4. The van der Waals surface area contributed by atoms with E-state index in [1.54, 1.807) is 12.4 Å². The van der Waals surface area contributed by atoms with Gasteiger partial charge in [-0.1, -0.05) is 121 Å². The van der Waals surface area contributed by atoms with Crippen molar-refractivity contribution in [2.75, 3.05) is 0 Å². The van der Waals surface area contributed by atoms with Gasteiger partial charge in [0, 0.05) is 57.5 Å². The van der Waals surface area contributed by atoms with Crippen LogP contribution < -0.4 is 0 Å². The summed E-state index contributed by atoms with van der Waals surface area (Å²) in [5.74, 6) is 0. The van der Waals surface area contributed by atoms with Crippen molar-refractivity contribution in [1.82, 2.24) is 28.9 Å².